The lowest BCUT2D eigenvalue weighted by Crippen LogP contribution is -2.43. The Bertz CT molecular complexity index is 919. The molecule has 30 heavy (non-hydrogen) atoms. The van der Waals surface area contributed by atoms with Crippen LogP contribution in [0, 0.1) is 10.1 Å². The molecule has 0 aliphatic heterocycles. The van der Waals surface area contributed by atoms with E-state index < -0.39 is 29.3 Å². The number of rotatable bonds is 9. The van der Waals surface area contributed by atoms with Gasteiger partial charge >= 0.3 is 5.97 Å². The van der Waals surface area contributed by atoms with Gasteiger partial charge in [0.05, 0.1) is 11.5 Å². The number of carbonyl (C=O) groups is 3. The summed E-state index contributed by atoms with van der Waals surface area (Å²) in [4.78, 5) is 45.2. The van der Waals surface area contributed by atoms with Crippen molar-refractivity contribution in [1.29, 1.82) is 0 Å². The molecule has 0 aromatic heterocycles. The number of benzene rings is 2. The van der Waals surface area contributed by atoms with Gasteiger partial charge in [0.25, 0.3) is 17.5 Å². The van der Waals surface area contributed by atoms with Crippen molar-refractivity contribution in [3.8, 4) is 5.75 Å². The van der Waals surface area contributed by atoms with Crippen LogP contribution < -0.4 is 15.6 Å². The molecule has 0 saturated carbocycles. The summed E-state index contributed by atoms with van der Waals surface area (Å²) in [7, 11) is 0. The third-order valence-electron chi connectivity index (χ3n) is 3.61. The van der Waals surface area contributed by atoms with Gasteiger partial charge in [-0.3, -0.25) is 35.3 Å². The summed E-state index contributed by atoms with van der Waals surface area (Å²) >= 11 is 3.33. The molecule has 2 aromatic rings. The first-order valence-electron chi connectivity index (χ1n) is 8.73. The zero-order chi connectivity index (χ0) is 21.9. The highest BCUT2D eigenvalue weighted by atomic mass is 79.9. The van der Waals surface area contributed by atoms with E-state index in [2.05, 4.69) is 26.8 Å². The maximum absolute atomic E-state index is 11.9. The zero-order valence-electron chi connectivity index (χ0n) is 15.6. The molecule has 2 rings (SSSR count). The van der Waals surface area contributed by atoms with Crippen LogP contribution in [0.2, 0.25) is 0 Å². The standard InChI is InChI=1S/C19H18BrN3O7/c20-14-3-1-4-16(11-14)29-10-2-5-18(25)30-12-17(24)21-22-19(26)13-6-8-15(9-7-13)23(27)28/h1,3-4,6-9,11H,2,5,10,12H2,(H,21,24)(H,22,26). The van der Waals surface area contributed by atoms with E-state index in [1.807, 2.05) is 12.1 Å². The second-order valence-corrected chi connectivity index (χ2v) is 6.79. The molecule has 2 N–H and O–H groups in total. The van der Waals surface area contributed by atoms with E-state index in [0.717, 1.165) is 4.47 Å². The van der Waals surface area contributed by atoms with Gasteiger partial charge in [-0.25, -0.2) is 0 Å². The van der Waals surface area contributed by atoms with Gasteiger partial charge in [-0.2, -0.15) is 0 Å². The monoisotopic (exact) mass is 479 g/mol. The van der Waals surface area contributed by atoms with Crippen molar-refractivity contribution in [3.63, 3.8) is 0 Å². The van der Waals surface area contributed by atoms with E-state index in [0.29, 0.717) is 18.8 Å². The first-order chi connectivity index (χ1) is 14.3. The van der Waals surface area contributed by atoms with Crippen LogP contribution in [0.5, 0.6) is 5.75 Å². The molecule has 0 atom stereocenters. The molecule has 0 aliphatic rings. The lowest BCUT2D eigenvalue weighted by Gasteiger charge is -2.09. The van der Waals surface area contributed by atoms with Crippen molar-refractivity contribution in [2.45, 2.75) is 12.8 Å². The number of nitrogens with one attached hydrogen (secondary N) is 2. The van der Waals surface area contributed by atoms with E-state index in [4.69, 9.17) is 9.47 Å². The smallest absolute Gasteiger partial charge is 0.306 e. The van der Waals surface area contributed by atoms with Crippen LogP contribution in [0.4, 0.5) is 5.69 Å². The minimum Gasteiger partial charge on any atom is -0.494 e. The average Bonchev–Trinajstić information content (AvgIpc) is 2.73. The van der Waals surface area contributed by atoms with Crippen LogP contribution in [0.25, 0.3) is 0 Å². The van der Waals surface area contributed by atoms with Crippen molar-refractivity contribution in [3.05, 3.63) is 68.7 Å². The Balaban J connectivity index is 1.61. The molecular formula is C19H18BrN3O7. The number of halogens is 1. The summed E-state index contributed by atoms with van der Waals surface area (Å²) in [6, 6.07) is 12.1. The predicted octanol–water partition coefficient (Wildman–Crippen LogP) is 2.52. The molecular weight excluding hydrogens is 462 g/mol. The molecule has 0 spiro atoms. The van der Waals surface area contributed by atoms with E-state index in [9.17, 15) is 24.5 Å². The fraction of sp³-hybridized carbons (Fsp3) is 0.211. The molecule has 0 fully saturated rings. The Morgan fingerprint density at radius 2 is 1.80 bits per heavy atom. The summed E-state index contributed by atoms with van der Waals surface area (Å²) < 4.78 is 11.2. The number of amides is 2. The average molecular weight is 480 g/mol. The molecule has 0 aliphatic carbocycles. The Kier molecular flexibility index (Phi) is 8.75. The number of nitro benzene ring substituents is 1. The Morgan fingerprint density at radius 1 is 1.07 bits per heavy atom. The topological polar surface area (TPSA) is 137 Å². The largest absolute Gasteiger partial charge is 0.494 e. The third kappa shape index (κ3) is 7.87. The zero-order valence-corrected chi connectivity index (χ0v) is 17.2. The summed E-state index contributed by atoms with van der Waals surface area (Å²) in [5.41, 5.74) is 4.16. The Hall–Kier alpha value is -3.47. The number of hydrogen-bond donors (Lipinski definition) is 2. The minimum absolute atomic E-state index is 0.0659. The highest BCUT2D eigenvalue weighted by Gasteiger charge is 2.12. The van der Waals surface area contributed by atoms with Crippen LogP contribution >= 0.6 is 15.9 Å². The summed E-state index contributed by atoms with van der Waals surface area (Å²) in [5, 5.41) is 10.6. The molecule has 158 valence electrons. The SMILES string of the molecule is O=C(COC(=O)CCCOc1cccc(Br)c1)NNC(=O)c1ccc([N+](=O)[O-])cc1. The molecule has 2 aromatic carbocycles. The molecule has 11 heteroatoms. The fourth-order valence-corrected chi connectivity index (χ4v) is 2.53. The highest BCUT2D eigenvalue weighted by Crippen LogP contribution is 2.18. The Morgan fingerprint density at radius 3 is 2.47 bits per heavy atom. The van der Waals surface area contributed by atoms with Crippen molar-refractivity contribution < 1.29 is 28.8 Å². The molecule has 10 nitrogen and oxygen atoms in total. The van der Waals surface area contributed by atoms with Gasteiger partial charge in [0.2, 0.25) is 0 Å². The van der Waals surface area contributed by atoms with Crippen LogP contribution in [-0.4, -0.2) is 35.9 Å². The summed E-state index contributed by atoms with van der Waals surface area (Å²) in [6.45, 7) is -0.255. The minimum atomic E-state index is -0.732. The van der Waals surface area contributed by atoms with Crippen molar-refractivity contribution >= 4 is 39.4 Å². The van der Waals surface area contributed by atoms with Crippen LogP contribution in [0.15, 0.2) is 53.0 Å². The number of nitrogens with zero attached hydrogens (tertiary/aromatic N) is 1. The van der Waals surface area contributed by atoms with Gasteiger partial charge in [0.15, 0.2) is 6.61 Å². The predicted molar refractivity (Wildman–Crippen MR) is 109 cm³/mol. The van der Waals surface area contributed by atoms with Crippen LogP contribution in [0.1, 0.15) is 23.2 Å². The number of non-ortho nitro benzene ring substituents is 1. The molecule has 0 heterocycles. The molecule has 2 amide bonds. The normalized spacial score (nSPS) is 10.0. The van der Waals surface area contributed by atoms with Gasteiger partial charge < -0.3 is 9.47 Å². The Labute approximate surface area is 179 Å². The number of nitro groups is 1. The maximum Gasteiger partial charge on any atom is 0.306 e. The number of ether oxygens (including phenoxy) is 2. The van der Waals surface area contributed by atoms with Crippen molar-refractivity contribution in [1.82, 2.24) is 10.9 Å². The number of hydrazine groups is 1. The molecule has 0 unspecified atom stereocenters. The molecule has 0 bridgehead atoms. The van der Waals surface area contributed by atoms with Gasteiger partial charge in [-0.05, 0) is 36.8 Å². The molecule has 0 radical (unpaired) electrons. The highest BCUT2D eigenvalue weighted by molar-refractivity contribution is 9.10. The number of hydrogen-bond acceptors (Lipinski definition) is 7. The number of esters is 1. The van der Waals surface area contributed by atoms with Crippen LogP contribution in [0.3, 0.4) is 0 Å². The van der Waals surface area contributed by atoms with E-state index in [-0.39, 0.29) is 17.7 Å². The second kappa shape index (κ2) is 11.5. The summed E-state index contributed by atoms with van der Waals surface area (Å²) in [6.07, 6.45) is 0.473. The first-order valence-corrected chi connectivity index (χ1v) is 9.52. The summed E-state index contributed by atoms with van der Waals surface area (Å²) in [5.74, 6) is -1.32. The number of carbonyl (C=O) groups excluding carboxylic acids is 3. The lowest BCUT2D eigenvalue weighted by atomic mass is 10.2. The fourth-order valence-electron chi connectivity index (χ4n) is 2.15. The van der Waals surface area contributed by atoms with Crippen molar-refractivity contribution in [2.75, 3.05) is 13.2 Å². The van der Waals surface area contributed by atoms with Gasteiger partial charge in [-0.1, -0.05) is 22.0 Å². The quantitative estimate of drug-likeness (QED) is 0.244. The van der Waals surface area contributed by atoms with E-state index >= 15 is 0 Å². The van der Waals surface area contributed by atoms with Gasteiger partial charge in [0.1, 0.15) is 5.75 Å². The van der Waals surface area contributed by atoms with E-state index in [1.165, 1.54) is 24.3 Å². The van der Waals surface area contributed by atoms with Gasteiger partial charge in [0, 0.05) is 28.6 Å². The first kappa shape index (κ1) is 22.8. The van der Waals surface area contributed by atoms with Crippen molar-refractivity contribution in [2.24, 2.45) is 0 Å². The third-order valence-corrected chi connectivity index (χ3v) is 4.10. The van der Waals surface area contributed by atoms with Gasteiger partial charge in [-0.15, -0.1) is 0 Å². The molecule has 0 saturated heterocycles. The maximum atomic E-state index is 11.9. The second-order valence-electron chi connectivity index (χ2n) is 5.88. The lowest BCUT2D eigenvalue weighted by molar-refractivity contribution is -0.384. The van der Waals surface area contributed by atoms with E-state index in [1.54, 1.807) is 12.1 Å². The van der Waals surface area contributed by atoms with Crippen LogP contribution in [-0.2, 0) is 14.3 Å².